The van der Waals surface area contributed by atoms with Gasteiger partial charge in [0.05, 0.1) is 33.1 Å². The average Bonchev–Trinajstić information content (AvgIpc) is 2.86. The Morgan fingerprint density at radius 3 is 2.12 bits per heavy atom. The molecule has 170 valence electrons. The van der Waals surface area contributed by atoms with E-state index in [9.17, 15) is 10.2 Å². The van der Waals surface area contributed by atoms with Crippen molar-refractivity contribution in [2.45, 2.75) is 13.2 Å². The van der Waals surface area contributed by atoms with Crippen LogP contribution in [0, 0.1) is 0 Å². The molecule has 1 aromatic heterocycles. The lowest BCUT2D eigenvalue weighted by Crippen LogP contribution is -2.12. The molecule has 6 nitrogen and oxygen atoms in total. The Kier molecular flexibility index (Phi) is 6.49. The zero-order valence-electron chi connectivity index (χ0n) is 19.3. The van der Waals surface area contributed by atoms with E-state index in [-0.39, 0.29) is 13.2 Å². The normalized spacial score (nSPS) is 11.0. The van der Waals surface area contributed by atoms with E-state index < -0.39 is 0 Å². The fourth-order valence-corrected chi connectivity index (χ4v) is 4.22. The molecule has 0 spiro atoms. The summed E-state index contributed by atoms with van der Waals surface area (Å²) in [4.78, 5) is 6.91. The van der Waals surface area contributed by atoms with Crippen molar-refractivity contribution in [3.8, 4) is 33.9 Å². The van der Waals surface area contributed by atoms with Gasteiger partial charge in [-0.25, -0.2) is 4.98 Å². The molecule has 33 heavy (non-hydrogen) atoms. The number of methoxy groups -OCH3 is 2. The fourth-order valence-electron chi connectivity index (χ4n) is 4.22. The summed E-state index contributed by atoms with van der Waals surface area (Å²) in [6.07, 6.45) is 0. The molecular formula is C27H28N2O4. The molecule has 4 aromatic rings. The highest BCUT2D eigenvalue weighted by Gasteiger charge is 2.20. The number of nitrogens with zero attached hydrogens (tertiary/aromatic N) is 2. The van der Waals surface area contributed by atoms with E-state index in [0.717, 1.165) is 39.0 Å². The number of rotatable bonds is 7. The second-order valence-corrected chi connectivity index (χ2v) is 7.96. The van der Waals surface area contributed by atoms with Crippen molar-refractivity contribution < 1.29 is 19.7 Å². The van der Waals surface area contributed by atoms with Gasteiger partial charge in [0.1, 0.15) is 5.82 Å². The summed E-state index contributed by atoms with van der Waals surface area (Å²) in [5.41, 5.74) is 4.92. The molecule has 6 heteroatoms. The van der Waals surface area contributed by atoms with Gasteiger partial charge in [0.2, 0.25) is 0 Å². The van der Waals surface area contributed by atoms with Crippen LogP contribution in [-0.4, -0.2) is 43.5 Å². The monoisotopic (exact) mass is 444 g/mol. The van der Waals surface area contributed by atoms with Crippen LogP contribution in [0.2, 0.25) is 0 Å². The van der Waals surface area contributed by atoms with Gasteiger partial charge < -0.3 is 24.6 Å². The maximum atomic E-state index is 10.3. The maximum Gasteiger partial charge on any atom is 0.161 e. The van der Waals surface area contributed by atoms with Gasteiger partial charge in [-0.2, -0.15) is 0 Å². The van der Waals surface area contributed by atoms with Gasteiger partial charge in [0.15, 0.2) is 11.5 Å². The van der Waals surface area contributed by atoms with Crippen molar-refractivity contribution >= 4 is 16.6 Å². The van der Waals surface area contributed by atoms with E-state index >= 15 is 0 Å². The first kappa shape index (κ1) is 22.6. The summed E-state index contributed by atoms with van der Waals surface area (Å²) in [7, 11) is 7.11. The minimum atomic E-state index is -0.179. The fraction of sp³-hybridized carbons (Fsp3) is 0.222. The molecule has 4 rings (SSSR count). The molecule has 0 aliphatic rings. The third-order valence-corrected chi connectivity index (χ3v) is 5.81. The second-order valence-electron chi connectivity index (χ2n) is 7.96. The van der Waals surface area contributed by atoms with E-state index in [2.05, 4.69) is 0 Å². The second kappa shape index (κ2) is 9.48. The number of aliphatic hydroxyl groups is 2. The molecule has 0 aliphatic carbocycles. The maximum absolute atomic E-state index is 10.3. The SMILES string of the molecule is COc1ccc(-c2cc3c(-c4ccccc4)c(CO)c(CO)cc3c(N(C)C)n2)cc1OC. The van der Waals surface area contributed by atoms with Gasteiger partial charge >= 0.3 is 0 Å². The summed E-state index contributed by atoms with van der Waals surface area (Å²) in [6.45, 7) is -0.350. The summed E-state index contributed by atoms with van der Waals surface area (Å²) < 4.78 is 10.9. The van der Waals surface area contributed by atoms with Crippen molar-refractivity contribution in [1.29, 1.82) is 0 Å². The van der Waals surface area contributed by atoms with Crippen molar-refractivity contribution in [2.24, 2.45) is 0 Å². The first-order valence-electron chi connectivity index (χ1n) is 10.7. The molecule has 1 heterocycles. The Hall–Kier alpha value is -3.61. The number of anilines is 1. The zero-order valence-corrected chi connectivity index (χ0v) is 19.3. The highest BCUT2D eigenvalue weighted by Crippen LogP contribution is 2.41. The average molecular weight is 445 g/mol. The topological polar surface area (TPSA) is 75.0 Å². The van der Waals surface area contributed by atoms with Crippen LogP contribution in [0.1, 0.15) is 11.1 Å². The van der Waals surface area contributed by atoms with Crippen molar-refractivity contribution in [3.63, 3.8) is 0 Å². The minimum absolute atomic E-state index is 0.171. The lowest BCUT2D eigenvalue weighted by molar-refractivity contribution is 0.260. The van der Waals surface area contributed by atoms with Gasteiger partial charge in [0.25, 0.3) is 0 Å². The first-order valence-corrected chi connectivity index (χ1v) is 10.7. The standard InChI is InChI=1S/C27H28N2O4/c1-29(2)27-21-12-19(15-30)22(16-31)26(17-8-6-5-7-9-17)20(21)14-23(28-27)18-10-11-24(32-3)25(13-18)33-4/h5-14,30-31H,15-16H2,1-4H3. The van der Waals surface area contributed by atoms with Crippen molar-refractivity contribution in [2.75, 3.05) is 33.2 Å². The number of fused-ring (bicyclic) bond motifs is 1. The van der Waals surface area contributed by atoms with E-state index in [1.165, 1.54) is 0 Å². The number of hydrogen-bond acceptors (Lipinski definition) is 6. The molecular weight excluding hydrogens is 416 g/mol. The van der Waals surface area contributed by atoms with Crippen LogP contribution >= 0.6 is 0 Å². The van der Waals surface area contributed by atoms with Crippen LogP contribution in [0.4, 0.5) is 5.82 Å². The Bertz CT molecular complexity index is 1290. The summed E-state index contributed by atoms with van der Waals surface area (Å²) >= 11 is 0. The minimum Gasteiger partial charge on any atom is -0.493 e. The third-order valence-electron chi connectivity index (χ3n) is 5.81. The molecule has 2 N–H and O–H groups in total. The summed E-state index contributed by atoms with van der Waals surface area (Å²) in [6, 6.07) is 19.6. The van der Waals surface area contributed by atoms with Gasteiger partial charge in [-0.15, -0.1) is 0 Å². The number of aromatic nitrogens is 1. The smallest absolute Gasteiger partial charge is 0.161 e. The molecule has 0 bridgehead atoms. The lowest BCUT2D eigenvalue weighted by atomic mass is 9.89. The van der Waals surface area contributed by atoms with Crippen LogP contribution < -0.4 is 14.4 Å². The van der Waals surface area contributed by atoms with Gasteiger partial charge in [-0.05, 0) is 58.0 Å². The lowest BCUT2D eigenvalue weighted by Gasteiger charge is -2.22. The molecule has 3 aromatic carbocycles. The highest BCUT2D eigenvalue weighted by atomic mass is 16.5. The molecule has 0 saturated carbocycles. The summed E-state index contributed by atoms with van der Waals surface area (Å²) in [5, 5.41) is 22.2. The first-order chi connectivity index (χ1) is 16.0. The van der Waals surface area contributed by atoms with Crippen LogP contribution in [0.15, 0.2) is 60.7 Å². The molecule has 0 atom stereocenters. The molecule has 0 fully saturated rings. The largest absolute Gasteiger partial charge is 0.493 e. The van der Waals surface area contributed by atoms with Crippen LogP contribution in [0.25, 0.3) is 33.2 Å². The molecule has 0 unspecified atom stereocenters. The van der Waals surface area contributed by atoms with Crippen LogP contribution in [-0.2, 0) is 13.2 Å². The van der Waals surface area contributed by atoms with E-state index in [4.69, 9.17) is 14.5 Å². The van der Waals surface area contributed by atoms with Gasteiger partial charge in [0, 0.05) is 25.0 Å². The number of benzene rings is 3. The molecule has 0 radical (unpaired) electrons. The van der Waals surface area contributed by atoms with Crippen LogP contribution in [0.5, 0.6) is 11.5 Å². The Morgan fingerprint density at radius 1 is 0.788 bits per heavy atom. The third kappa shape index (κ3) is 4.11. The van der Waals surface area contributed by atoms with Gasteiger partial charge in [-0.3, -0.25) is 0 Å². The Labute approximate surface area is 193 Å². The van der Waals surface area contributed by atoms with Crippen LogP contribution in [0.3, 0.4) is 0 Å². The molecule has 0 saturated heterocycles. The summed E-state index contributed by atoms with van der Waals surface area (Å²) in [5.74, 6) is 2.04. The predicted octanol–water partition coefficient (Wildman–Crippen LogP) is 4.64. The zero-order chi connectivity index (χ0) is 23.5. The quantitative estimate of drug-likeness (QED) is 0.433. The number of hydrogen-bond donors (Lipinski definition) is 2. The number of ether oxygens (including phenoxy) is 2. The van der Waals surface area contributed by atoms with Crippen molar-refractivity contribution in [1.82, 2.24) is 4.98 Å². The predicted molar refractivity (Wildman–Crippen MR) is 132 cm³/mol. The van der Waals surface area contributed by atoms with E-state index in [1.807, 2.05) is 79.7 Å². The van der Waals surface area contributed by atoms with Gasteiger partial charge in [-0.1, -0.05) is 30.3 Å². The Balaban J connectivity index is 2.10. The number of pyridine rings is 1. The Morgan fingerprint density at radius 2 is 1.52 bits per heavy atom. The van der Waals surface area contributed by atoms with E-state index in [1.54, 1.807) is 14.2 Å². The highest BCUT2D eigenvalue weighted by molar-refractivity contribution is 6.05. The molecule has 0 amide bonds. The van der Waals surface area contributed by atoms with Crippen molar-refractivity contribution in [3.05, 3.63) is 71.8 Å². The van der Waals surface area contributed by atoms with E-state index in [0.29, 0.717) is 22.6 Å². The number of aliphatic hydroxyl groups excluding tert-OH is 2. The molecule has 0 aliphatic heterocycles.